The van der Waals surface area contributed by atoms with E-state index in [1.807, 2.05) is 0 Å². The summed E-state index contributed by atoms with van der Waals surface area (Å²) in [5.74, 6) is 0.660. The number of nitrogens with two attached hydrogens (primary N) is 1. The Hall–Kier alpha value is -0.130. The third kappa shape index (κ3) is 4.06. The molecule has 0 aromatic heterocycles. The van der Waals surface area contributed by atoms with Crippen molar-refractivity contribution < 1.29 is 8.42 Å². The van der Waals surface area contributed by atoms with Crippen molar-refractivity contribution >= 4 is 10.2 Å². The fourth-order valence-electron chi connectivity index (χ4n) is 2.00. The first kappa shape index (κ1) is 10.9. The van der Waals surface area contributed by atoms with Crippen LogP contribution in [0.3, 0.4) is 0 Å². The van der Waals surface area contributed by atoms with Crippen LogP contribution in [-0.4, -0.2) is 14.5 Å². The zero-order valence-electron chi connectivity index (χ0n) is 7.99. The molecule has 1 aliphatic rings. The normalized spacial score (nSPS) is 30.3. The Morgan fingerprint density at radius 1 is 1.46 bits per heavy atom. The van der Waals surface area contributed by atoms with Crippen LogP contribution in [0.1, 0.15) is 39.0 Å². The summed E-state index contributed by atoms with van der Waals surface area (Å²) in [6.07, 6.45) is 5.31. The Bertz CT molecular complexity index is 251. The molecule has 0 radical (unpaired) electrons. The molecule has 0 aromatic rings. The van der Waals surface area contributed by atoms with Crippen LogP contribution in [0.15, 0.2) is 0 Å². The zero-order chi connectivity index (χ0) is 9.90. The Morgan fingerprint density at radius 3 is 2.69 bits per heavy atom. The maximum absolute atomic E-state index is 10.8. The van der Waals surface area contributed by atoms with Gasteiger partial charge in [-0.05, 0) is 18.8 Å². The van der Waals surface area contributed by atoms with Crippen LogP contribution in [-0.2, 0) is 10.2 Å². The Kier molecular flexibility index (Phi) is 3.70. The molecular weight excluding hydrogens is 188 g/mol. The molecule has 1 fully saturated rings. The maximum Gasteiger partial charge on any atom is 0.274 e. The molecular formula is C8H18N2O2S. The first-order valence-electron chi connectivity index (χ1n) is 4.81. The van der Waals surface area contributed by atoms with Crippen molar-refractivity contribution in [1.29, 1.82) is 0 Å². The summed E-state index contributed by atoms with van der Waals surface area (Å²) in [4.78, 5) is 0. The summed E-state index contributed by atoms with van der Waals surface area (Å²) in [5, 5.41) is 4.91. The van der Waals surface area contributed by atoms with E-state index in [-0.39, 0.29) is 6.04 Å². The van der Waals surface area contributed by atoms with Crippen LogP contribution in [0.2, 0.25) is 0 Å². The summed E-state index contributed by atoms with van der Waals surface area (Å²) in [6, 6.07) is 0.0636. The topological polar surface area (TPSA) is 72.2 Å². The number of nitrogens with one attached hydrogen (secondary N) is 1. The van der Waals surface area contributed by atoms with Crippen molar-refractivity contribution in [3.63, 3.8) is 0 Å². The fraction of sp³-hybridized carbons (Fsp3) is 1.00. The molecule has 1 aliphatic carbocycles. The van der Waals surface area contributed by atoms with Crippen molar-refractivity contribution in [2.75, 3.05) is 0 Å². The van der Waals surface area contributed by atoms with Gasteiger partial charge < -0.3 is 0 Å². The lowest BCUT2D eigenvalue weighted by atomic mass is 9.85. The highest BCUT2D eigenvalue weighted by molar-refractivity contribution is 7.87. The van der Waals surface area contributed by atoms with E-state index in [2.05, 4.69) is 11.6 Å². The molecule has 1 saturated carbocycles. The predicted octanol–water partition coefficient (Wildman–Crippen LogP) is 0.748. The van der Waals surface area contributed by atoms with Crippen molar-refractivity contribution in [1.82, 2.24) is 4.72 Å². The van der Waals surface area contributed by atoms with Gasteiger partial charge in [0.25, 0.3) is 10.2 Å². The molecule has 0 heterocycles. The highest BCUT2D eigenvalue weighted by Crippen LogP contribution is 2.26. The second-order valence-electron chi connectivity index (χ2n) is 3.80. The molecule has 2 atom stereocenters. The molecule has 78 valence electrons. The van der Waals surface area contributed by atoms with Gasteiger partial charge in [0.1, 0.15) is 0 Å². The minimum absolute atomic E-state index is 0.0636. The molecule has 1 rings (SSSR count). The number of rotatable bonds is 3. The van der Waals surface area contributed by atoms with Gasteiger partial charge in [-0.25, -0.2) is 5.14 Å². The number of hydrogen-bond donors (Lipinski definition) is 2. The quantitative estimate of drug-likeness (QED) is 0.715. The summed E-state index contributed by atoms with van der Waals surface area (Å²) in [7, 11) is -3.51. The van der Waals surface area contributed by atoms with Crippen molar-refractivity contribution in [2.45, 2.75) is 45.1 Å². The van der Waals surface area contributed by atoms with E-state index >= 15 is 0 Å². The van der Waals surface area contributed by atoms with E-state index in [1.54, 1.807) is 0 Å². The minimum atomic E-state index is -3.51. The van der Waals surface area contributed by atoms with Crippen LogP contribution >= 0.6 is 0 Å². The van der Waals surface area contributed by atoms with Crippen LogP contribution in [0.25, 0.3) is 0 Å². The van der Waals surface area contributed by atoms with Gasteiger partial charge >= 0.3 is 0 Å². The first-order valence-corrected chi connectivity index (χ1v) is 6.36. The van der Waals surface area contributed by atoms with Gasteiger partial charge in [0.05, 0.1) is 0 Å². The lowest BCUT2D eigenvalue weighted by Gasteiger charge is -2.28. The summed E-state index contributed by atoms with van der Waals surface area (Å²) < 4.78 is 24.0. The first-order chi connectivity index (χ1) is 6.01. The lowest BCUT2D eigenvalue weighted by Crippen LogP contribution is -2.41. The van der Waals surface area contributed by atoms with Crippen LogP contribution in [0.4, 0.5) is 0 Å². The van der Waals surface area contributed by atoms with Crippen molar-refractivity contribution in [3.05, 3.63) is 0 Å². The molecule has 0 unspecified atom stereocenters. The maximum atomic E-state index is 10.8. The monoisotopic (exact) mass is 206 g/mol. The smallest absolute Gasteiger partial charge is 0.216 e. The Labute approximate surface area is 80.1 Å². The van der Waals surface area contributed by atoms with E-state index in [9.17, 15) is 8.42 Å². The molecule has 0 aromatic carbocycles. The van der Waals surface area contributed by atoms with Gasteiger partial charge in [0.2, 0.25) is 0 Å². The van der Waals surface area contributed by atoms with Crippen LogP contribution in [0.5, 0.6) is 0 Å². The van der Waals surface area contributed by atoms with Gasteiger partial charge in [-0.3, -0.25) is 0 Å². The molecule has 0 aliphatic heterocycles. The molecule has 5 heteroatoms. The lowest BCUT2D eigenvalue weighted by molar-refractivity contribution is 0.301. The van der Waals surface area contributed by atoms with E-state index in [0.29, 0.717) is 5.92 Å². The third-order valence-electron chi connectivity index (χ3n) is 2.69. The van der Waals surface area contributed by atoms with Crippen LogP contribution < -0.4 is 9.86 Å². The zero-order valence-corrected chi connectivity index (χ0v) is 8.81. The second kappa shape index (κ2) is 4.39. The predicted molar refractivity (Wildman–Crippen MR) is 52.3 cm³/mol. The average Bonchev–Trinajstić information content (AvgIpc) is 2.01. The van der Waals surface area contributed by atoms with Crippen molar-refractivity contribution in [3.8, 4) is 0 Å². The number of hydrogen-bond acceptors (Lipinski definition) is 2. The Morgan fingerprint density at radius 2 is 2.15 bits per heavy atom. The van der Waals surface area contributed by atoms with Gasteiger partial charge in [-0.2, -0.15) is 13.1 Å². The molecule has 0 amide bonds. The SMILES string of the molecule is CC[C@H]1CCC[C@@H](NS(N)(=O)=O)C1. The molecule has 4 nitrogen and oxygen atoms in total. The van der Waals surface area contributed by atoms with E-state index in [0.717, 1.165) is 25.7 Å². The van der Waals surface area contributed by atoms with Gasteiger partial charge in [-0.15, -0.1) is 0 Å². The van der Waals surface area contributed by atoms with Gasteiger partial charge in [0.15, 0.2) is 0 Å². The Balaban J connectivity index is 2.43. The third-order valence-corrected chi connectivity index (χ3v) is 3.35. The molecule has 0 saturated heterocycles. The molecule has 0 bridgehead atoms. The standard InChI is InChI=1S/C8H18N2O2S/c1-2-7-4-3-5-8(6-7)10-13(9,11)12/h7-8,10H,2-6H2,1H3,(H2,9,11,12)/t7-,8+/m0/s1. The average molecular weight is 206 g/mol. The van der Waals surface area contributed by atoms with Crippen LogP contribution in [0, 0.1) is 5.92 Å². The van der Waals surface area contributed by atoms with E-state index in [4.69, 9.17) is 5.14 Å². The molecule has 3 N–H and O–H groups in total. The summed E-state index contributed by atoms with van der Waals surface area (Å²) >= 11 is 0. The highest BCUT2D eigenvalue weighted by Gasteiger charge is 2.22. The van der Waals surface area contributed by atoms with Gasteiger partial charge in [-0.1, -0.05) is 26.2 Å². The summed E-state index contributed by atoms with van der Waals surface area (Å²) in [6.45, 7) is 2.14. The second-order valence-corrected chi connectivity index (χ2v) is 5.13. The minimum Gasteiger partial charge on any atom is -0.216 e. The molecule has 0 spiro atoms. The molecule has 13 heavy (non-hydrogen) atoms. The fourth-order valence-corrected chi connectivity index (χ4v) is 2.68. The highest BCUT2D eigenvalue weighted by atomic mass is 32.2. The van der Waals surface area contributed by atoms with Gasteiger partial charge in [0, 0.05) is 6.04 Å². The van der Waals surface area contributed by atoms with E-state index < -0.39 is 10.2 Å². The summed E-state index contributed by atoms with van der Waals surface area (Å²) in [5.41, 5.74) is 0. The van der Waals surface area contributed by atoms with E-state index in [1.165, 1.54) is 6.42 Å². The van der Waals surface area contributed by atoms with Crippen molar-refractivity contribution in [2.24, 2.45) is 11.1 Å². The largest absolute Gasteiger partial charge is 0.274 e.